The molecule has 1 aliphatic heterocycles. The van der Waals surface area contributed by atoms with Gasteiger partial charge in [-0.25, -0.2) is 0 Å². The van der Waals surface area contributed by atoms with Crippen LogP contribution in [0, 0.1) is 6.92 Å². The number of halogens is 2. The Morgan fingerprint density at radius 3 is 2.58 bits per heavy atom. The van der Waals surface area contributed by atoms with Crippen molar-refractivity contribution in [3.8, 4) is 0 Å². The van der Waals surface area contributed by atoms with Gasteiger partial charge in [0.25, 0.3) is 10.1 Å². The molecular weight excluding hydrogens is 523 g/mol. The zero-order valence-corrected chi connectivity index (χ0v) is 21.9. The first-order chi connectivity index (χ1) is 17.2. The Morgan fingerprint density at radius 1 is 1.14 bits per heavy atom. The molecule has 36 heavy (non-hydrogen) atoms. The van der Waals surface area contributed by atoms with E-state index < -0.39 is 10.1 Å². The van der Waals surface area contributed by atoms with E-state index in [0.29, 0.717) is 29.1 Å². The number of aryl methyl sites for hydroxylation is 1. The van der Waals surface area contributed by atoms with Gasteiger partial charge >= 0.3 is 0 Å². The van der Waals surface area contributed by atoms with Crippen LogP contribution >= 0.6 is 23.2 Å². The summed E-state index contributed by atoms with van der Waals surface area (Å²) >= 11 is 12.2. The van der Waals surface area contributed by atoms with Crippen LogP contribution in [-0.4, -0.2) is 30.7 Å². The summed E-state index contributed by atoms with van der Waals surface area (Å²) in [6, 6.07) is 16.0. The highest BCUT2D eigenvalue weighted by atomic mass is 35.5. The summed E-state index contributed by atoms with van der Waals surface area (Å²) in [5.74, 6) is -0.0589. The number of rotatable bonds is 5. The molecule has 0 aliphatic carbocycles. The van der Waals surface area contributed by atoms with Crippen molar-refractivity contribution in [1.82, 2.24) is 10.3 Å². The van der Waals surface area contributed by atoms with Gasteiger partial charge in [-0.15, -0.1) is 0 Å². The highest BCUT2D eigenvalue weighted by molar-refractivity contribution is 7.85. The normalized spacial score (nSPS) is 18.0. The molecule has 10 heteroatoms. The van der Waals surface area contributed by atoms with Crippen LogP contribution in [0.5, 0.6) is 0 Å². The summed E-state index contributed by atoms with van der Waals surface area (Å²) < 4.78 is 44.9. The molecule has 0 bridgehead atoms. The second kappa shape index (κ2) is 11.7. The maximum Gasteiger partial charge on any atom is 0.294 e. The standard InChI is InChI=1S/C21H21Cl2NO5S.C5H5N/c1-12-2-5-18(30(25,26)27)15(8-12)13-6-7-24-20(9-13)28-11-14-3-4-17(22)16-10-19(23)29-21(14)16;1-2-4-6-5-3-1/h2-5,8,10,13,20,24H,6-7,9,11H2,1H3,(H,25,26,27);1-5H. The molecule has 7 nitrogen and oxygen atoms in total. The number of pyridine rings is 1. The van der Waals surface area contributed by atoms with Crippen molar-refractivity contribution in [3.05, 3.63) is 93.9 Å². The summed E-state index contributed by atoms with van der Waals surface area (Å²) in [7, 11) is -4.30. The fourth-order valence-corrected chi connectivity index (χ4v) is 5.40. The monoisotopic (exact) mass is 548 g/mol. The van der Waals surface area contributed by atoms with Gasteiger partial charge in [-0.1, -0.05) is 41.4 Å². The van der Waals surface area contributed by atoms with Crippen LogP contribution < -0.4 is 5.32 Å². The lowest BCUT2D eigenvalue weighted by Crippen LogP contribution is -2.39. The van der Waals surface area contributed by atoms with E-state index in [1.165, 1.54) is 6.07 Å². The van der Waals surface area contributed by atoms with Crippen LogP contribution in [0.4, 0.5) is 0 Å². The van der Waals surface area contributed by atoms with Crippen molar-refractivity contribution in [1.29, 1.82) is 0 Å². The minimum Gasteiger partial charge on any atom is -0.444 e. The lowest BCUT2D eigenvalue weighted by atomic mass is 9.88. The van der Waals surface area contributed by atoms with E-state index in [9.17, 15) is 13.0 Å². The van der Waals surface area contributed by atoms with E-state index in [1.54, 1.807) is 30.6 Å². The van der Waals surface area contributed by atoms with E-state index >= 15 is 0 Å². The van der Waals surface area contributed by atoms with Crippen molar-refractivity contribution in [2.24, 2.45) is 0 Å². The van der Waals surface area contributed by atoms with Gasteiger partial charge in [-0.05, 0) is 73.7 Å². The third-order valence-electron chi connectivity index (χ3n) is 5.93. The average Bonchev–Trinajstić information content (AvgIpc) is 3.27. The third kappa shape index (κ3) is 6.64. The highest BCUT2D eigenvalue weighted by Gasteiger charge is 2.28. The van der Waals surface area contributed by atoms with Crippen LogP contribution in [0.15, 0.2) is 76.3 Å². The van der Waals surface area contributed by atoms with Gasteiger partial charge in [0.15, 0.2) is 5.22 Å². The summed E-state index contributed by atoms with van der Waals surface area (Å²) in [4.78, 5) is 3.75. The van der Waals surface area contributed by atoms with Gasteiger partial charge in [-0.3, -0.25) is 14.9 Å². The van der Waals surface area contributed by atoms with Crippen LogP contribution in [0.2, 0.25) is 10.2 Å². The number of furan rings is 1. The molecule has 2 atom stereocenters. The maximum atomic E-state index is 11.8. The molecule has 1 saturated heterocycles. The first-order valence-electron chi connectivity index (χ1n) is 11.4. The largest absolute Gasteiger partial charge is 0.444 e. The summed E-state index contributed by atoms with van der Waals surface area (Å²) in [5.41, 5.74) is 2.97. The molecule has 0 radical (unpaired) electrons. The first kappa shape index (κ1) is 26.6. The SMILES string of the molecule is Cc1ccc(S(=O)(=O)O)c(C2CCNC(OCc3ccc(Cl)c4cc(Cl)oc34)C2)c1.c1ccncc1. The molecule has 2 N–H and O–H groups in total. The highest BCUT2D eigenvalue weighted by Crippen LogP contribution is 2.35. The first-order valence-corrected chi connectivity index (χ1v) is 13.6. The van der Waals surface area contributed by atoms with E-state index in [1.807, 2.05) is 37.3 Å². The molecule has 4 aromatic rings. The zero-order valence-electron chi connectivity index (χ0n) is 19.5. The number of nitrogens with zero attached hydrogens (tertiary/aromatic N) is 1. The van der Waals surface area contributed by atoms with E-state index in [4.69, 9.17) is 32.4 Å². The minimum atomic E-state index is -4.30. The number of piperidine rings is 1. The second-order valence-corrected chi connectivity index (χ2v) is 10.7. The number of aromatic nitrogens is 1. The van der Waals surface area contributed by atoms with Crippen molar-refractivity contribution in [2.75, 3.05) is 6.54 Å². The van der Waals surface area contributed by atoms with Crippen LogP contribution in [-0.2, 0) is 21.5 Å². The number of fused-ring (bicyclic) bond motifs is 1. The number of benzene rings is 2. The molecule has 0 amide bonds. The van der Waals surface area contributed by atoms with Gasteiger partial charge in [0, 0.05) is 29.4 Å². The number of nitrogens with one attached hydrogen (secondary N) is 1. The van der Waals surface area contributed by atoms with Gasteiger partial charge in [-0.2, -0.15) is 8.42 Å². The predicted octanol–water partition coefficient (Wildman–Crippen LogP) is 6.39. The molecule has 0 saturated carbocycles. The third-order valence-corrected chi connectivity index (χ3v) is 7.38. The van der Waals surface area contributed by atoms with E-state index in [-0.39, 0.29) is 28.9 Å². The Hall–Kier alpha value is -2.46. The van der Waals surface area contributed by atoms with Crippen LogP contribution in [0.1, 0.15) is 35.4 Å². The van der Waals surface area contributed by atoms with Gasteiger partial charge in [0.1, 0.15) is 11.8 Å². The molecule has 0 spiro atoms. The van der Waals surface area contributed by atoms with Crippen molar-refractivity contribution in [2.45, 2.75) is 43.4 Å². The van der Waals surface area contributed by atoms with Crippen LogP contribution in [0.25, 0.3) is 11.0 Å². The van der Waals surface area contributed by atoms with Crippen molar-refractivity contribution in [3.63, 3.8) is 0 Å². The molecule has 3 heterocycles. The number of hydrogen-bond acceptors (Lipinski definition) is 6. The second-order valence-electron chi connectivity index (χ2n) is 8.52. The molecule has 2 aromatic carbocycles. The van der Waals surface area contributed by atoms with Crippen molar-refractivity contribution < 1.29 is 22.1 Å². The number of ether oxygens (including phenoxy) is 1. The predicted molar refractivity (Wildman–Crippen MR) is 140 cm³/mol. The number of hydrogen-bond donors (Lipinski definition) is 2. The lowest BCUT2D eigenvalue weighted by Gasteiger charge is -2.31. The van der Waals surface area contributed by atoms with Crippen molar-refractivity contribution >= 4 is 44.3 Å². The Balaban J connectivity index is 0.000000445. The quantitative estimate of drug-likeness (QED) is 0.278. The van der Waals surface area contributed by atoms with E-state index in [2.05, 4.69) is 10.3 Å². The summed E-state index contributed by atoms with van der Waals surface area (Å²) in [5, 5.41) is 4.85. The maximum absolute atomic E-state index is 11.8. The Kier molecular flexibility index (Phi) is 8.66. The fraction of sp³-hybridized carbons (Fsp3) is 0.269. The molecule has 2 aromatic heterocycles. The molecule has 1 fully saturated rings. The fourth-order valence-electron chi connectivity index (χ4n) is 4.24. The minimum absolute atomic E-state index is 0.0385. The molecule has 1 aliphatic rings. The smallest absolute Gasteiger partial charge is 0.294 e. The van der Waals surface area contributed by atoms with E-state index in [0.717, 1.165) is 22.9 Å². The molecule has 190 valence electrons. The average molecular weight is 549 g/mol. The Labute approximate surface area is 220 Å². The Morgan fingerprint density at radius 2 is 1.92 bits per heavy atom. The molecule has 2 unspecified atom stereocenters. The zero-order chi connectivity index (χ0) is 25.7. The topological polar surface area (TPSA) is 102 Å². The Bertz CT molecular complexity index is 1400. The summed E-state index contributed by atoms with van der Waals surface area (Å²) in [6.45, 7) is 2.84. The summed E-state index contributed by atoms with van der Waals surface area (Å²) in [6.07, 6.45) is 4.53. The van der Waals surface area contributed by atoms with Crippen LogP contribution in [0.3, 0.4) is 0 Å². The molecule has 5 rings (SSSR count). The lowest BCUT2D eigenvalue weighted by molar-refractivity contribution is -0.00404. The molecular formula is C26H26Cl2N2O5S. The van der Waals surface area contributed by atoms with Gasteiger partial charge in [0.2, 0.25) is 0 Å². The van der Waals surface area contributed by atoms with Gasteiger partial charge in [0.05, 0.1) is 16.5 Å². The van der Waals surface area contributed by atoms with Gasteiger partial charge < -0.3 is 9.15 Å².